The van der Waals surface area contributed by atoms with Crippen molar-refractivity contribution in [1.82, 2.24) is 10.2 Å². The number of rotatable bonds is 5. The van der Waals surface area contributed by atoms with Crippen molar-refractivity contribution >= 4 is 11.8 Å². The Morgan fingerprint density at radius 2 is 2.10 bits per heavy atom. The number of likely N-dealkylation sites (tertiary alicyclic amines) is 1. The van der Waals surface area contributed by atoms with Crippen molar-refractivity contribution in [2.24, 2.45) is 5.41 Å². The van der Waals surface area contributed by atoms with Crippen LogP contribution in [0.3, 0.4) is 0 Å². The molecule has 1 heterocycles. The van der Waals surface area contributed by atoms with E-state index in [1.807, 2.05) is 27.7 Å². The highest BCUT2D eigenvalue weighted by Gasteiger charge is 2.39. The third kappa shape index (κ3) is 5.50. The molecule has 0 radical (unpaired) electrons. The smallest absolute Gasteiger partial charge is 0.243 e. The zero-order valence-electron chi connectivity index (χ0n) is 13.6. The molecule has 0 aromatic rings. The summed E-state index contributed by atoms with van der Waals surface area (Å²) < 4.78 is 0. The van der Waals surface area contributed by atoms with Gasteiger partial charge in [-0.2, -0.15) is 0 Å². The van der Waals surface area contributed by atoms with Crippen LogP contribution in [-0.4, -0.2) is 46.6 Å². The van der Waals surface area contributed by atoms with Crippen molar-refractivity contribution in [2.45, 2.75) is 65.1 Å². The molecule has 0 saturated carbocycles. The van der Waals surface area contributed by atoms with Gasteiger partial charge in [-0.15, -0.1) is 6.58 Å². The second kappa shape index (κ2) is 7.07. The van der Waals surface area contributed by atoms with Crippen molar-refractivity contribution in [2.75, 3.05) is 6.54 Å². The number of aliphatic hydroxyl groups is 1. The predicted octanol–water partition coefficient (Wildman–Crippen LogP) is 1.47. The Morgan fingerprint density at radius 1 is 1.48 bits per heavy atom. The van der Waals surface area contributed by atoms with Gasteiger partial charge in [0.05, 0.1) is 6.10 Å². The molecule has 0 bridgehead atoms. The van der Waals surface area contributed by atoms with Gasteiger partial charge in [-0.25, -0.2) is 0 Å². The van der Waals surface area contributed by atoms with E-state index in [1.165, 1.54) is 4.90 Å². The van der Waals surface area contributed by atoms with Crippen LogP contribution < -0.4 is 5.32 Å². The third-order valence-corrected chi connectivity index (χ3v) is 3.49. The maximum atomic E-state index is 12.4. The molecule has 120 valence electrons. The van der Waals surface area contributed by atoms with Crippen LogP contribution in [0.1, 0.15) is 47.0 Å². The van der Waals surface area contributed by atoms with Gasteiger partial charge >= 0.3 is 0 Å². The fourth-order valence-corrected chi connectivity index (χ4v) is 2.54. The highest BCUT2D eigenvalue weighted by Crippen LogP contribution is 2.25. The van der Waals surface area contributed by atoms with E-state index >= 15 is 0 Å². The van der Waals surface area contributed by atoms with Crippen LogP contribution >= 0.6 is 0 Å². The third-order valence-electron chi connectivity index (χ3n) is 3.49. The zero-order chi connectivity index (χ0) is 16.2. The molecule has 1 saturated heterocycles. The van der Waals surface area contributed by atoms with E-state index in [2.05, 4.69) is 11.9 Å². The van der Waals surface area contributed by atoms with E-state index in [0.717, 1.165) is 0 Å². The molecule has 0 spiro atoms. The molecule has 5 nitrogen and oxygen atoms in total. The SMILES string of the molecule is C=CCC(C)NC(=O)[C@@H]1C[C@@H](O)CN1C(=O)CC(C)(C)C. The van der Waals surface area contributed by atoms with Crippen molar-refractivity contribution in [1.29, 1.82) is 0 Å². The molecular formula is C16H28N2O3. The van der Waals surface area contributed by atoms with Gasteiger partial charge in [0.2, 0.25) is 11.8 Å². The van der Waals surface area contributed by atoms with Crippen LogP contribution in [0.4, 0.5) is 0 Å². The first-order chi connectivity index (χ1) is 9.64. The number of nitrogens with one attached hydrogen (secondary N) is 1. The largest absolute Gasteiger partial charge is 0.391 e. The lowest BCUT2D eigenvalue weighted by Gasteiger charge is -2.28. The molecule has 1 rings (SSSR count). The molecule has 1 fully saturated rings. The number of carbonyl (C=O) groups is 2. The van der Waals surface area contributed by atoms with Gasteiger partial charge in [0.15, 0.2) is 0 Å². The summed E-state index contributed by atoms with van der Waals surface area (Å²) in [6, 6.07) is -0.588. The number of hydrogen-bond acceptors (Lipinski definition) is 3. The standard InChI is InChI=1S/C16H28N2O3/c1-6-7-11(2)17-15(21)13-8-12(19)10-18(13)14(20)9-16(3,4)5/h6,11-13,19H,1,7-10H2,2-5H3,(H,17,21)/t11?,12-,13+/m1/s1. The molecule has 5 heteroatoms. The average molecular weight is 296 g/mol. The molecular weight excluding hydrogens is 268 g/mol. The molecule has 1 aliphatic rings. The molecule has 2 amide bonds. The Hall–Kier alpha value is -1.36. The summed E-state index contributed by atoms with van der Waals surface area (Å²) in [5.74, 6) is -0.265. The second-order valence-corrected chi connectivity index (χ2v) is 7.12. The highest BCUT2D eigenvalue weighted by molar-refractivity contribution is 5.88. The van der Waals surface area contributed by atoms with Crippen LogP contribution in [0.2, 0.25) is 0 Å². The molecule has 1 aliphatic heterocycles. The summed E-state index contributed by atoms with van der Waals surface area (Å²) in [6.45, 7) is 11.7. The minimum absolute atomic E-state index is 0.0210. The summed E-state index contributed by atoms with van der Waals surface area (Å²) in [6.07, 6.45) is 2.47. The average Bonchev–Trinajstić information content (AvgIpc) is 2.69. The highest BCUT2D eigenvalue weighted by atomic mass is 16.3. The Morgan fingerprint density at radius 3 is 2.62 bits per heavy atom. The normalized spacial score (nSPS) is 23.8. The minimum Gasteiger partial charge on any atom is -0.391 e. The number of aliphatic hydroxyl groups excluding tert-OH is 1. The van der Waals surface area contributed by atoms with Gasteiger partial charge in [-0.3, -0.25) is 9.59 Å². The zero-order valence-corrected chi connectivity index (χ0v) is 13.6. The van der Waals surface area contributed by atoms with Crippen LogP contribution in [0.25, 0.3) is 0 Å². The lowest BCUT2D eigenvalue weighted by Crippen LogP contribution is -2.48. The number of carbonyl (C=O) groups excluding carboxylic acids is 2. The van der Waals surface area contributed by atoms with E-state index in [1.54, 1.807) is 6.08 Å². The minimum atomic E-state index is -0.626. The summed E-state index contributed by atoms with van der Waals surface area (Å²) in [4.78, 5) is 26.2. The van der Waals surface area contributed by atoms with E-state index in [9.17, 15) is 14.7 Å². The number of hydrogen-bond donors (Lipinski definition) is 2. The first-order valence-electron chi connectivity index (χ1n) is 7.53. The number of amides is 2. The fourth-order valence-electron chi connectivity index (χ4n) is 2.54. The van der Waals surface area contributed by atoms with Gasteiger partial charge in [0, 0.05) is 25.4 Å². The Bertz CT molecular complexity index is 401. The maximum Gasteiger partial charge on any atom is 0.243 e. The molecule has 21 heavy (non-hydrogen) atoms. The van der Waals surface area contributed by atoms with Crippen LogP contribution in [0, 0.1) is 5.41 Å². The van der Waals surface area contributed by atoms with E-state index < -0.39 is 12.1 Å². The first kappa shape index (κ1) is 17.7. The van der Waals surface area contributed by atoms with Crippen LogP contribution in [0.15, 0.2) is 12.7 Å². The van der Waals surface area contributed by atoms with Gasteiger partial charge in [0.1, 0.15) is 6.04 Å². The summed E-state index contributed by atoms with van der Waals surface area (Å²) in [7, 11) is 0. The summed E-state index contributed by atoms with van der Waals surface area (Å²) in [5, 5.41) is 12.7. The Labute approximate surface area is 127 Å². The molecule has 0 aliphatic carbocycles. The Balaban J connectivity index is 2.72. The fraction of sp³-hybridized carbons (Fsp3) is 0.750. The van der Waals surface area contributed by atoms with Gasteiger partial charge in [-0.05, 0) is 18.8 Å². The molecule has 0 aromatic carbocycles. The molecule has 1 unspecified atom stereocenters. The summed E-state index contributed by atoms with van der Waals surface area (Å²) in [5.41, 5.74) is -0.137. The monoisotopic (exact) mass is 296 g/mol. The first-order valence-corrected chi connectivity index (χ1v) is 7.53. The van der Waals surface area contributed by atoms with Gasteiger partial charge < -0.3 is 15.3 Å². The number of β-amino-alcohol motifs (C(OH)–C–C–N with tert-alkyl or cyclic N) is 1. The quantitative estimate of drug-likeness (QED) is 0.755. The topological polar surface area (TPSA) is 69.6 Å². The molecule has 0 aromatic heterocycles. The van der Waals surface area contributed by atoms with Crippen molar-refractivity contribution in [3.8, 4) is 0 Å². The van der Waals surface area contributed by atoms with Crippen molar-refractivity contribution in [3.63, 3.8) is 0 Å². The second-order valence-electron chi connectivity index (χ2n) is 7.12. The van der Waals surface area contributed by atoms with Gasteiger partial charge in [0.25, 0.3) is 0 Å². The number of nitrogens with zero attached hydrogens (tertiary/aromatic N) is 1. The lowest BCUT2D eigenvalue weighted by molar-refractivity contribution is -0.140. The van der Waals surface area contributed by atoms with E-state index in [-0.39, 0.29) is 29.8 Å². The van der Waals surface area contributed by atoms with Crippen molar-refractivity contribution in [3.05, 3.63) is 12.7 Å². The summed E-state index contributed by atoms with van der Waals surface area (Å²) >= 11 is 0. The van der Waals surface area contributed by atoms with E-state index in [4.69, 9.17) is 0 Å². The molecule has 3 atom stereocenters. The van der Waals surface area contributed by atoms with Crippen LogP contribution in [-0.2, 0) is 9.59 Å². The van der Waals surface area contributed by atoms with Crippen molar-refractivity contribution < 1.29 is 14.7 Å². The van der Waals surface area contributed by atoms with Gasteiger partial charge in [-0.1, -0.05) is 26.8 Å². The Kier molecular flexibility index (Phi) is 5.96. The lowest BCUT2D eigenvalue weighted by atomic mass is 9.91. The molecule has 2 N–H and O–H groups in total. The maximum absolute atomic E-state index is 12.4. The van der Waals surface area contributed by atoms with E-state index in [0.29, 0.717) is 19.3 Å². The van der Waals surface area contributed by atoms with Crippen LogP contribution in [0.5, 0.6) is 0 Å². The predicted molar refractivity (Wildman–Crippen MR) is 82.6 cm³/mol.